The second kappa shape index (κ2) is 7.57. The Morgan fingerprint density at radius 2 is 1.74 bits per heavy atom. The Balaban J connectivity index is 1.64. The lowest BCUT2D eigenvalue weighted by molar-refractivity contribution is 0.0697. The predicted octanol–water partition coefficient (Wildman–Crippen LogP) is 5.38. The summed E-state index contributed by atoms with van der Waals surface area (Å²) in [5.41, 5.74) is 4.93. The van der Waals surface area contributed by atoms with Gasteiger partial charge in [-0.05, 0) is 53.6 Å². The fraction of sp³-hybridized carbons (Fsp3) is 0.0400. The van der Waals surface area contributed by atoms with E-state index in [4.69, 9.17) is 0 Å². The van der Waals surface area contributed by atoms with E-state index in [1.54, 1.807) is 36.8 Å². The number of hydrogen-bond acceptors (Lipinski definition) is 2. The minimum atomic E-state index is -0.970. The van der Waals surface area contributed by atoms with Crippen molar-refractivity contribution in [3.05, 3.63) is 108 Å². The lowest BCUT2D eigenvalue weighted by atomic mass is 10.1. The average Bonchev–Trinajstić information content (AvgIpc) is 3.44. The second-order valence-corrected chi connectivity index (χ2v) is 7.34. The van der Waals surface area contributed by atoms with Crippen LogP contribution in [-0.4, -0.2) is 25.2 Å². The van der Waals surface area contributed by atoms with Gasteiger partial charge in [0.1, 0.15) is 5.82 Å². The average molecular weight is 411 g/mol. The van der Waals surface area contributed by atoms with Crippen LogP contribution in [-0.2, 0) is 6.54 Å². The molecule has 0 aliphatic rings. The molecule has 1 N–H and O–H groups in total. The minimum absolute atomic E-state index is 0.230. The Labute approximate surface area is 177 Å². The maximum atomic E-state index is 13.4. The molecule has 0 bridgehead atoms. The van der Waals surface area contributed by atoms with E-state index < -0.39 is 5.97 Å². The number of carbonyl (C=O) groups is 1. The standard InChI is InChI=1S/C25H18FN3O2/c26-21-7-1-17(2-8-21)15-29-23(13-19-3-4-20(25(30)31)14-24(19)29)18-5-9-22(10-6-18)28-12-11-27-16-28/h1-14,16H,15H2,(H,30,31). The quantitative estimate of drug-likeness (QED) is 0.422. The maximum absolute atomic E-state index is 13.4. The van der Waals surface area contributed by atoms with Crippen molar-refractivity contribution in [1.82, 2.24) is 14.1 Å². The molecule has 0 unspecified atom stereocenters. The number of carboxylic acids is 1. The van der Waals surface area contributed by atoms with Crippen LogP contribution in [0.3, 0.4) is 0 Å². The smallest absolute Gasteiger partial charge is 0.335 e. The van der Waals surface area contributed by atoms with Crippen molar-refractivity contribution in [3.63, 3.8) is 0 Å². The summed E-state index contributed by atoms with van der Waals surface area (Å²) in [6.07, 6.45) is 5.36. The second-order valence-electron chi connectivity index (χ2n) is 7.34. The number of benzene rings is 3. The van der Waals surface area contributed by atoms with Crippen LogP contribution in [0, 0.1) is 5.82 Å². The summed E-state index contributed by atoms with van der Waals surface area (Å²) < 4.78 is 17.4. The van der Waals surface area contributed by atoms with Crippen molar-refractivity contribution in [2.45, 2.75) is 6.54 Å². The van der Waals surface area contributed by atoms with Crippen molar-refractivity contribution in [2.24, 2.45) is 0 Å². The number of aromatic carboxylic acids is 1. The number of nitrogens with zero attached hydrogens (tertiary/aromatic N) is 3. The van der Waals surface area contributed by atoms with Crippen LogP contribution < -0.4 is 0 Å². The Morgan fingerprint density at radius 1 is 0.968 bits per heavy atom. The molecular formula is C25H18FN3O2. The van der Waals surface area contributed by atoms with E-state index in [9.17, 15) is 14.3 Å². The van der Waals surface area contributed by atoms with Gasteiger partial charge in [0.25, 0.3) is 0 Å². The van der Waals surface area contributed by atoms with E-state index in [1.165, 1.54) is 12.1 Å². The zero-order valence-electron chi connectivity index (χ0n) is 16.4. The van der Waals surface area contributed by atoms with Crippen molar-refractivity contribution in [1.29, 1.82) is 0 Å². The largest absolute Gasteiger partial charge is 0.478 e. The van der Waals surface area contributed by atoms with E-state index in [-0.39, 0.29) is 11.4 Å². The van der Waals surface area contributed by atoms with E-state index in [0.717, 1.165) is 33.4 Å². The molecule has 3 aromatic carbocycles. The summed E-state index contributed by atoms with van der Waals surface area (Å²) in [7, 11) is 0. The molecule has 0 saturated heterocycles. The summed E-state index contributed by atoms with van der Waals surface area (Å²) >= 11 is 0. The predicted molar refractivity (Wildman–Crippen MR) is 117 cm³/mol. The fourth-order valence-corrected chi connectivity index (χ4v) is 3.79. The molecule has 31 heavy (non-hydrogen) atoms. The molecule has 5 nitrogen and oxygen atoms in total. The summed E-state index contributed by atoms with van der Waals surface area (Å²) in [5, 5.41) is 10.4. The minimum Gasteiger partial charge on any atom is -0.478 e. The molecule has 0 aliphatic carbocycles. The van der Waals surface area contributed by atoms with Gasteiger partial charge < -0.3 is 14.2 Å². The highest BCUT2D eigenvalue weighted by atomic mass is 19.1. The van der Waals surface area contributed by atoms with Crippen LogP contribution in [0.2, 0.25) is 0 Å². The van der Waals surface area contributed by atoms with Crippen LogP contribution in [0.4, 0.5) is 4.39 Å². The topological polar surface area (TPSA) is 60.0 Å². The molecule has 0 radical (unpaired) electrons. The van der Waals surface area contributed by atoms with Gasteiger partial charge >= 0.3 is 5.97 Å². The molecule has 2 heterocycles. The number of aromatic nitrogens is 3. The normalized spacial score (nSPS) is 11.1. The monoisotopic (exact) mass is 411 g/mol. The highest BCUT2D eigenvalue weighted by Crippen LogP contribution is 2.30. The Bertz CT molecular complexity index is 1370. The molecule has 5 rings (SSSR count). The molecule has 6 heteroatoms. The maximum Gasteiger partial charge on any atom is 0.335 e. The summed E-state index contributed by atoms with van der Waals surface area (Å²) in [4.78, 5) is 15.6. The molecule has 0 spiro atoms. The highest BCUT2D eigenvalue weighted by Gasteiger charge is 2.14. The van der Waals surface area contributed by atoms with Crippen LogP contribution in [0.1, 0.15) is 15.9 Å². The van der Waals surface area contributed by atoms with Gasteiger partial charge in [0.15, 0.2) is 0 Å². The van der Waals surface area contributed by atoms with E-state index >= 15 is 0 Å². The van der Waals surface area contributed by atoms with Crippen molar-refractivity contribution < 1.29 is 14.3 Å². The van der Waals surface area contributed by atoms with Crippen LogP contribution >= 0.6 is 0 Å². The van der Waals surface area contributed by atoms with Gasteiger partial charge in [-0.25, -0.2) is 14.2 Å². The molecular weight excluding hydrogens is 393 g/mol. The first-order chi connectivity index (χ1) is 15.1. The fourth-order valence-electron chi connectivity index (χ4n) is 3.79. The van der Waals surface area contributed by atoms with Gasteiger partial charge in [-0.2, -0.15) is 0 Å². The highest BCUT2D eigenvalue weighted by molar-refractivity contribution is 5.95. The van der Waals surface area contributed by atoms with E-state index in [0.29, 0.717) is 6.54 Å². The first-order valence-electron chi connectivity index (χ1n) is 9.78. The van der Waals surface area contributed by atoms with Crippen molar-refractivity contribution in [2.75, 3.05) is 0 Å². The first kappa shape index (κ1) is 18.8. The van der Waals surface area contributed by atoms with Gasteiger partial charge in [-0.3, -0.25) is 0 Å². The third kappa shape index (κ3) is 3.59. The molecule has 0 saturated carbocycles. The molecule has 0 amide bonds. The number of imidazole rings is 1. The Hall–Kier alpha value is -4.19. The SMILES string of the molecule is O=C(O)c1ccc2cc(-c3ccc(-n4ccnc4)cc3)n(Cc3ccc(F)cc3)c2c1. The lowest BCUT2D eigenvalue weighted by Crippen LogP contribution is -2.03. The summed E-state index contributed by atoms with van der Waals surface area (Å²) in [5.74, 6) is -1.26. The number of carboxylic acid groups (broad SMARTS) is 1. The van der Waals surface area contributed by atoms with Gasteiger partial charge in [-0.1, -0.05) is 30.3 Å². The van der Waals surface area contributed by atoms with Gasteiger partial charge in [0.2, 0.25) is 0 Å². The zero-order valence-corrected chi connectivity index (χ0v) is 16.4. The van der Waals surface area contributed by atoms with E-state index in [2.05, 4.69) is 15.6 Å². The summed E-state index contributed by atoms with van der Waals surface area (Å²) in [6, 6.07) is 21.6. The third-order valence-electron chi connectivity index (χ3n) is 5.37. The molecule has 0 atom stereocenters. The number of fused-ring (bicyclic) bond motifs is 1. The van der Waals surface area contributed by atoms with Crippen LogP contribution in [0.5, 0.6) is 0 Å². The zero-order chi connectivity index (χ0) is 21.4. The Kier molecular flexibility index (Phi) is 4.59. The number of halogens is 1. The Morgan fingerprint density at radius 3 is 2.42 bits per heavy atom. The lowest BCUT2D eigenvalue weighted by Gasteiger charge is -2.12. The van der Waals surface area contributed by atoms with Crippen LogP contribution in [0.25, 0.3) is 27.8 Å². The first-order valence-corrected chi connectivity index (χ1v) is 9.78. The molecule has 152 valence electrons. The van der Waals surface area contributed by atoms with Gasteiger partial charge in [0.05, 0.1) is 11.9 Å². The molecule has 0 aliphatic heterocycles. The molecule has 0 fully saturated rings. The van der Waals surface area contributed by atoms with Gasteiger partial charge in [-0.15, -0.1) is 0 Å². The summed E-state index contributed by atoms with van der Waals surface area (Å²) in [6.45, 7) is 0.492. The van der Waals surface area contributed by atoms with Crippen molar-refractivity contribution >= 4 is 16.9 Å². The van der Waals surface area contributed by atoms with Crippen LogP contribution in [0.15, 0.2) is 91.5 Å². The van der Waals surface area contributed by atoms with Gasteiger partial charge in [0, 0.05) is 41.2 Å². The molecule has 5 aromatic rings. The third-order valence-corrected chi connectivity index (χ3v) is 5.37. The molecule has 2 aromatic heterocycles. The van der Waals surface area contributed by atoms with E-state index in [1.807, 2.05) is 41.1 Å². The number of rotatable bonds is 5. The number of hydrogen-bond donors (Lipinski definition) is 1. The van der Waals surface area contributed by atoms with Crippen molar-refractivity contribution in [3.8, 4) is 16.9 Å².